The van der Waals surface area contributed by atoms with Crippen LogP contribution in [0.3, 0.4) is 0 Å². The Morgan fingerprint density at radius 1 is 1.31 bits per heavy atom. The van der Waals surface area contributed by atoms with Crippen molar-refractivity contribution < 1.29 is 14.7 Å². The molecule has 0 aliphatic carbocycles. The lowest BCUT2D eigenvalue weighted by Crippen LogP contribution is -2.18. The molecule has 1 N–H and O–H groups in total. The lowest BCUT2D eigenvalue weighted by Gasteiger charge is -2.05. The van der Waals surface area contributed by atoms with Gasteiger partial charge in [0.05, 0.1) is 5.56 Å². The van der Waals surface area contributed by atoms with Crippen LogP contribution in [0.25, 0.3) is 6.08 Å². The third-order valence-corrected chi connectivity index (χ3v) is 1.99. The lowest BCUT2D eigenvalue weighted by molar-refractivity contribution is -0.123. The van der Waals surface area contributed by atoms with Crippen molar-refractivity contribution in [3.8, 4) is 0 Å². The number of benzene rings is 1. The number of carboxylic acid groups (broad SMARTS) is 1. The quantitative estimate of drug-likeness (QED) is 0.783. The van der Waals surface area contributed by atoms with E-state index in [1.54, 1.807) is 32.3 Å². The van der Waals surface area contributed by atoms with E-state index in [0.29, 0.717) is 5.56 Å². The number of aromatic carboxylic acids is 1. The molecule has 4 nitrogen and oxygen atoms in total. The van der Waals surface area contributed by atoms with Crippen LogP contribution in [0.2, 0.25) is 0 Å². The van der Waals surface area contributed by atoms with E-state index in [-0.39, 0.29) is 11.5 Å². The molecule has 84 valence electrons. The first-order valence-electron chi connectivity index (χ1n) is 4.73. The van der Waals surface area contributed by atoms with Gasteiger partial charge in [0.25, 0.3) is 0 Å². The number of carbonyl (C=O) groups is 2. The Kier molecular flexibility index (Phi) is 3.83. The molecule has 0 fully saturated rings. The first-order chi connectivity index (χ1) is 7.50. The fourth-order valence-electron chi connectivity index (χ4n) is 1.09. The van der Waals surface area contributed by atoms with Gasteiger partial charge < -0.3 is 10.0 Å². The van der Waals surface area contributed by atoms with E-state index in [1.807, 2.05) is 0 Å². The molecule has 0 aliphatic heterocycles. The van der Waals surface area contributed by atoms with Gasteiger partial charge in [-0.3, -0.25) is 4.79 Å². The fraction of sp³-hybridized carbons (Fsp3) is 0.167. The molecular formula is C12H13NO3. The average molecular weight is 219 g/mol. The highest BCUT2D eigenvalue weighted by Crippen LogP contribution is 2.07. The van der Waals surface area contributed by atoms with E-state index in [9.17, 15) is 9.59 Å². The van der Waals surface area contributed by atoms with Crippen LogP contribution in [-0.2, 0) is 4.79 Å². The molecule has 0 aromatic heterocycles. The molecule has 4 heteroatoms. The molecule has 1 aromatic rings. The molecule has 0 spiro atoms. The summed E-state index contributed by atoms with van der Waals surface area (Å²) in [6.45, 7) is 0. The van der Waals surface area contributed by atoms with E-state index in [4.69, 9.17) is 5.11 Å². The minimum atomic E-state index is -0.978. The molecule has 0 saturated carbocycles. The van der Waals surface area contributed by atoms with Gasteiger partial charge in [0.15, 0.2) is 0 Å². The van der Waals surface area contributed by atoms with Crippen LogP contribution in [0.4, 0.5) is 0 Å². The Labute approximate surface area is 93.8 Å². The summed E-state index contributed by atoms with van der Waals surface area (Å²) in [4.78, 5) is 23.4. The van der Waals surface area contributed by atoms with E-state index < -0.39 is 5.97 Å². The number of carboxylic acids is 1. The largest absolute Gasteiger partial charge is 0.478 e. The maximum absolute atomic E-state index is 11.3. The number of hydrogen-bond acceptors (Lipinski definition) is 2. The molecule has 1 amide bonds. The predicted molar refractivity (Wildman–Crippen MR) is 61.1 cm³/mol. The summed E-state index contributed by atoms with van der Waals surface area (Å²) in [5, 5.41) is 8.78. The van der Waals surface area contributed by atoms with Gasteiger partial charge in [-0.25, -0.2) is 4.79 Å². The zero-order valence-electron chi connectivity index (χ0n) is 9.18. The minimum absolute atomic E-state index is 0.138. The molecule has 1 aromatic carbocycles. The van der Waals surface area contributed by atoms with Crippen LogP contribution in [0, 0.1) is 0 Å². The highest BCUT2D eigenvalue weighted by molar-refractivity contribution is 5.92. The van der Waals surface area contributed by atoms with Crippen LogP contribution in [0.15, 0.2) is 30.3 Å². The van der Waals surface area contributed by atoms with Gasteiger partial charge in [0.1, 0.15) is 0 Å². The van der Waals surface area contributed by atoms with Crippen LogP contribution in [0.5, 0.6) is 0 Å². The van der Waals surface area contributed by atoms with Gasteiger partial charge in [-0.05, 0) is 23.8 Å². The lowest BCUT2D eigenvalue weighted by atomic mass is 10.1. The second kappa shape index (κ2) is 5.11. The standard InChI is InChI=1S/C12H13NO3/c1-13(2)11(14)7-6-9-4-3-5-10(8-9)12(15)16/h3-8H,1-2H3,(H,15,16)/b7-6+. The molecule has 16 heavy (non-hydrogen) atoms. The SMILES string of the molecule is CN(C)C(=O)/C=C/c1cccc(C(=O)O)c1. The summed E-state index contributed by atoms with van der Waals surface area (Å²) < 4.78 is 0. The Morgan fingerprint density at radius 3 is 2.56 bits per heavy atom. The highest BCUT2D eigenvalue weighted by atomic mass is 16.4. The van der Waals surface area contributed by atoms with Crippen molar-refractivity contribution in [2.75, 3.05) is 14.1 Å². The molecule has 1 rings (SSSR count). The monoisotopic (exact) mass is 219 g/mol. The molecule has 0 saturated heterocycles. The maximum Gasteiger partial charge on any atom is 0.335 e. The van der Waals surface area contributed by atoms with Crippen LogP contribution in [-0.4, -0.2) is 36.0 Å². The number of carbonyl (C=O) groups excluding carboxylic acids is 1. The summed E-state index contributed by atoms with van der Waals surface area (Å²) in [6, 6.07) is 6.41. The Bertz CT molecular complexity index is 436. The fourth-order valence-corrected chi connectivity index (χ4v) is 1.09. The van der Waals surface area contributed by atoms with Crippen molar-refractivity contribution in [2.24, 2.45) is 0 Å². The summed E-state index contributed by atoms with van der Waals surface area (Å²) >= 11 is 0. The van der Waals surface area contributed by atoms with Gasteiger partial charge >= 0.3 is 5.97 Å². The van der Waals surface area contributed by atoms with E-state index in [2.05, 4.69) is 0 Å². The van der Waals surface area contributed by atoms with Crippen LogP contribution in [0.1, 0.15) is 15.9 Å². The normalized spacial score (nSPS) is 10.4. The van der Waals surface area contributed by atoms with Crippen LogP contribution >= 0.6 is 0 Å². The summed E-state index contributed by atoms with van der Waals surface area (Å²) in [6.07, 6.45) is 3.00. The summed E-state index contributed by atoms with van der Waals surface area (Å²) in [7, 11) is 3.31. The van der Waals surface area contributed by atoms with Gasteiger partial charge in [-0.2, -0.15) is 0 Å². The number of nitrogens with zero attached hydrogens (tertiary/aromatic N) is 1. The predicted octanol–water partition coefficient (Wildman–Crippen LogP) is 1.49. The summed E-state index contributed by atoms with van der Waals surface area (Å²) in [5.41, 5.74) is 0.898. The molecule has 0 bridgehead atoms. The Balaban J connectivity index is 2.86. The van der Waals surface area contributed by atoms with Crippen molar-refractivity contribution in [1.29, 1.82) is 0 Å². The van der Waals surface area contributed by atoms with Gasteiger partial charge in [0.2, 0.25) is 5.91 Å². The molecule has 0 aliphatic rings. The smallest absolute Gasteiger partial charge is 0.335 e. The second-order valence-corrected chi connectivity index (χ2v) is 3.50. The molecule has 0 atom stereocenters. The van der Waals surface area contributed by atoms with E-state index in [1.165, 1.54) is 23.1 Å². The first kappa shape index (κ1) is 12.0. The number of amides is 1. The molecule has 0 radical (unpaired) electrons. The van der Waals surface area contributed by atoms with E-state index >= 15 is 0 Å². The molecular weight excluding hydrogens is 206 g/mol. The van der Waals surface area contributed by atoms with Crippen molar-refractivity contribution in [3.05, 3.63) is 41.5 Å². The second-order valence-electron chi connectivity index (χ2n) is 3.50. The first-order valence-corrected chi connectivity index (χ1v) is 4.73. The van der Waals surface area contributed by atoms with E-state index in [0.717, 1.165) is 0 Å². The van der Waals surface area contributed by atoms with Gasteiger partial charge in [0, 0.05) is 20.2 Å². The Hall–Kier alpha value is -2.10. The Morgan fingerprint density at radius 2 is 2.00 bits per heavy atom. The van der Waals surface area contributed by atoms with Crippen molar-refractivity contribution in [2.45, 2.75) is 0 Å². The van der Waals surface area contributed by atoms with Crippen molar-refractivity contribution in [3.63, 3.8) is 0 Å². The third-order valence-electron chi connectivity index (χ3n) is 1.99. The van der Waals surface area contributed by atoms with Crippen molar-refractivity contribution >= 4 is 18.0 Å². The van der Waals surface area contributed by atoms with Gasteiger partial charge in [-0.15, -0.1) is 0 Å². The average Bonchev–Trinajstić information content (AvgIpc) is 2.26. The topological polar surface area (TPSA) is 57.6 Å². The molecule has 0 unspecified atom stereocenters. The van der Waals surface area contributed by atoms with Crippen molar-refractivity contribution in [1.82, 2.24) is 4.90 Å². The zero-order valence-corrected chi connectivity index (χ0v) is 9.18. The summed E-state index contributed by atoms with van der Waals surface area (Å²) in [5.74, 6) is -1.12. The third kappa shape index (κ3) is 3.24. The maximum atomic E-state index is 11.3. The van der Waals surface area contributed by atoms with Gasteiger partial charge in [-0.1, -0.05) is 12.1 Å². The zero-order chi connectivity index (χ0) is 12.1. The number of hydrogen-bond donors (Lipinski definition) is 1. The molecule has 0 heterocycles. The minimum Gasteiger partial charge on any atom is -0.478 e. The number of likely N-dealkylation sites (N-methyl/N-ethyl adjacent to an activating group) is 1. The highest BCUT2D eigenvalue weighted by Gasteiger charge is 2.02. The number of rotatable bonds is 3. The van der Waals surface area contributed by atoms with Crippen LogP contribution < -0.4 is 0 Å².